The van der Waals surface area contributed by atoms with E-state index in [1.165, 1.54) is 7.05 Å². The van der Waals surface area contributed by atoms with Gasteiger partial charge in [-0.15, -0.1) is 0 Å². The zero-order chi connectivity index (χ0) is 16.7. The minimum absolute atomic E-state index is 0.408. The van der Waals surface area contributed by atoms with Gasteiger partial charge in [0.25, 0.3) is 0 Å². The van der Waals surface area contributed by atoms with E-state index in [1.54, 1.807) is 19.1 Å². The molecule has 6 nitrogen and oxygen atoms in total. The number of ether oxygens (including phenoxy) is 1. The van der Waals surface area contributed by atoms with Crippen LogP contribution in [-0.4, -0.2) is 25.0 Å². The average Bonchev–Trinajstić information content (AvgIpc) is 2.57. The number of amides is 3. The topological polar surface area (TPSA) is 79.5 Å². The van der Waals surface area contributed by atoms with Crippen molar-refractivity contribution in [1.29, 1.82) is 0 Å². The molecule has 3 amide bonds. The number of anilines is 1. The molecule has 2 aromatic rings. The van der Waals surface area contributed by atoms with Crippen LogP contribution in [0.2, 0.25) is 0 Å². The third-order valence-corrected chi connectivity index (χ3v) is 3.07. The summed E-state index contributed by atoms with van der Waals surface area (Å²) in [6, 6.07) is 15.6. The highest BCUT2D eigenvalue weighted by atomic mass is 16.5. The lowest BCUT2D eigenvalue weighted by atomic mass is 10.2. The summed E-state index contributed by atoms with van der Waals surface area (Å²) in [7, 11) is 1.45. The maximum Gasteiger partial charge on any atom is 0.321 e. The van der Waals surface area contributed by atoms with E-state index in [2.05, 4.69) is 16.0 Å². The summed E-state index contributed by atoms with van der Waals surface area (Å²) in [4.78, 5) is 22.9. The summed E-state index contributed by atoms with van der Waals surface area (Å²) < 4.78 is 5.69. The van der Waals surface area contributed by atoms with Gasteiger partial charge in [-0.25, -0.2) is 4.79 Å². The Labute approximate surface area is 134 Å². The van der Waals surface area contributed by atoms with Crippen molar-refractivity contribution in [3.63, 3.8) is 0 Å². The Balaban J connectivity index is 1.92. The van der Waals surface area contributed by atoms with Gasteiger partial charge in [0.2, 0.25) is 5.91 Å². The van der Waals surface area contributed by atoms with Crippen LogP contribution in [0.3, 0.4) is 0 Å². The van der Waals surface area contributed by atoms with E-state index in [0.29, 0.717) is 5.75 Å². The van der Waals surface area contributed by atoms with Crippen molar-refractivity contribution in [3.8, 4) is 11.5 Å². The van der Waals surface area contributed by atoms with Crippen molar-refractivity contribution in [3.05, 3.63) is 54.6 Å². The fraction of sp³-hybridized carbons (Fsp3) is 0.176. The second-order valence-corrected chi connectivity index (χ2v) is 4.87. The van der Waals surface area contributed by atoms with Gasteiger partial charge in [0.05, 0.1) is 0 Å². The number of hydrogen-bond acceptors (Lipinski definition) is 4. The quantitative estimate of drug-likeness (QED) is 0.793. The van der Waals surface area contributed by atoms with Crippen LogP contribution in [0.4, 0.5) is 10.5 Å². The van der Waals surface area contributed by atoms with Gasteiger partial charge in [-0.1, -0.05) is 18.2 Å². The molecule has 0 aliphatic carbocycles. The number of hydrogen-bond donors (Lipinski definition) is 3. The Morgan fingerprint density at radius 1 is 0.957 bits per heavy atom. The van der Waals surface area contributed by atoms with E-state index >= 15 is 0 Å². The first kappa shape index (κ1) is 16.4. The SMILES string of the molecule is CNC(=O)NC(=O)C(C)Nc1ccc(Oc2ccccc2)cc1. The Bertz CT molecular complexity index is 657. The molecule has 23 heavy (non-hydrogen) atoms. The number of para-hydroxylation sites is 1. The number of carbonyl (C=O) groups is 2. The number of urea groups is 1. The Hall–Kier alpha value is -3.02. The van der Waals surface area contributed by atoms with Crippen LogP contribution in [0.25, 0.3) is 0 Å². The van der Waals surface area contributed by atoms with Crippen LogP contribution < -0.4 is 20.7 Å². The van der Waals surface area contributed by atoms with Crippen molar-refractivity contribution in [2.24, 2.45) is 0 Å². The van der Waals surface area contributed by atoms with Gasteiger partial charge < -0.3 is 15.4 Å². The van der Waals surface area contributed by atoms with E-state index in [0.717, 1.165) is 11.4 Å². The fourth-order valence-corrected chi connectivity index (χ4v) is 1.84. The predicted octanol–water partition coefficient (Wildman–Crippen LogP) is 2.73. The van der Waals surface area contributed by atoms with Gasteiger partial charge in [-0.2, -0.15) is 0 Å². The van der Waals surface area contributed by atoms with Crippen LogP contribution in [0.5, 0.6) is 11.5 Å². The molecule has 2 rings (SSSR count). The Morgan fingerprint density at radius 3 is 2.17 bits per heavy atom. The van der Waals surface area contributed by atoms with E-state index in [-0.39, 0.29) is 0 Å². The molecule has 6 heteroatoms. The lowest BCUT2D eigenvalue weighted by Crippen LogP contribution is -2.44. The summed E-state index contributed by atoms with van der Waals surface area (Å²) in [6.07, 6.45) is 0. The highest BCUT2D eigenvalue weighted by Crippen LogP contribution is 2.22. The first-order valence-electron chi connectivity index (χ1n) is 7.20. The van der Waals surface area contributed by atoms with Crippen molar-refractivity contribution >= 4 is 17.6 Å². The van der Waals surface area contributed by atoms with Crippen LogP contribution in [0.1, 0.15) is 6.92 Å². The smallest absolute Gasteiger partial charge is 0.321 e. The molecular formula is C17H19N3O3. The summed E-state index contributed by atoms with van der Waals surface area (Å²) >= 11 is 0. The molecule has 0 heterocycles. The molecule has 0 aliphatic rings. The second-order valence-electron chi connectivity index (χ2n) is 4.87. The largest absolute Gasteiger partial charge is 0.457 e. The molecule has 0 bridgehead atoms. The van der Waals surface area contributed by atoms with Gasteiger partial charge in [-0.3, -0.25) is 10.1 Å². The Morgan fingerprint density at radius 2 is 1.57 bits per heavy atom. The monoisotopic (exact) mass is 313 g/mol. The minimum Gasteiger partial charge on any atom is -0.457 e. The zero-order valence-corrected chi connectivity index (χ0v) is 13.0. The van der Waals surface area contributed by atoms with Crippen LogP contribution >= 0.6 is 0 Å². The van der Waals surface area contributed by atoms with Gasteiger partial charge in [0.15, 0.2) is 0 Å². The molecule has 1 atom stereocenters. The van der Waals surface area contributed by atoms with Crippen molar-refractivity contribution in [2.45, 2.75) is 13.0 Å². The maximum absolute atomic E-state index is 11.8. The number of nitrogens with one attached hydrogen (secondary N) is 3. The maximum atomic E-state index is 11.8. The molecule has 0 aliphatic heterocycles. The van der Waals surface area contributed by atoms with Gasteiger partial charge >= 0.3 is 6.03 Å². The fourth-order valence-electron chi connectivity index (χ4n) is 1.84. The normalized spacial score (nSPS) is 11.2. The summed E-state index contributed by atoms with van der Waals surface area (Å²) in [5.41, 5.74) is 0.755. The predicted molar refractivity (Wildman–Crippen MR) is 88.6 cm³/mol. The van der Waals surface area contributed by atoms with E-state index in [1.807, 2.05) is 42.5 Å². The molecular weight excluding hydrogens is 294 g/mol. The lowest BCUT2D eigenvalue weighted by Gasteiger charge is -2.15. The minimum atomic E-state index is -0.548. The molecule has 120 valence electrons. The molecule has 0 aromatic heterocycles. The summed E-state index contributed by atoms with van der Waals surface area (Å²) in [5.74, 6) is 1.05. The molecule has 1 unspecified atom stereocenters. The van der Waals surface area contributed by atoms with Crippen molar-refractivity contribution in [1.82, 2.24) is 10.6 Å². The summed E-state index contributed by atoms with van der Waals surface area (Å²) in [6.45, 7) is 1.67. The molecule has 0 fully saturated rings. The van der Waals surface area contributed by atoms with Crippen LogP contribution in [0.15, 0.2) is 54.6 Å². The van der Waals surface area contributed by atoms with Gasteiger partial charge in [-0.05, 0) is 43.3 Å². The lowest BCUT2D eigenvalue weighted by molar-refractivity contribution is -0.120. The van der Waals surface area contributed by atoms with E-state index < -0.39 is 18.0 Å². The third-order valence-electron chi connectivity index (χ3n) is 3.07. The van der Waals surface area contributed by atoms with Crippen LogP contribution in [0, 0.1) is 0 Å². The van der Waals surface area contributed by atoms with E-state index in [4.69, 9.17) is 4.74 Å². The first-order chi connectivity index (χ1) is 11.1. The molecule has 0 spiro atoms. The highest BCUT2D eigenvalue weighted by Gasteiger charge is 2.14. The van der Waals surface area contributed by atoms with Crippen LogP contribution in [-0.2, 0) is 4.79 Å². The van der Waals surface area contributed by atoms with Crippen molar-refractivity contribution < 1.29 is 14.3 Å². The Kier molecular flexibility index (Phi) is 5.57. The highest BCUT2D eigenvalue weighted by molar-refractivity contribution is 5.97. The summed E-state index contributed by atoms with van der Waals surface area (Å²) in [5, 5.41) is 7.56. The zero-order valence-electron chi connectivity index (χ0n) is 13.0. The number of benzene rings is 2. The third kappa shape index (κ3) is 5.03. The average molecular weight is 313 g/mol. The molecule has 2 aromatic carbocycles. The number of rotatable bonds is 5. The van der Waals surface area contributed by atoms with Crippen molar-refractivity contribution in [2.75, 3.05) is 12.4 Å². The molecule has 0 saturated carbocycles. The first-order valence-corrected chi connectivity index (χ1v) is 7.20. The van der Waals surface area contributed by atoms with E-state index in [9.17, 15) is 9.59 Å². The molecule has 3 N–H and O–H groups in total. The molecule has 0 radical (unpaired) electrons. The number of carbonyl (C=O) groups excluding carboxylic acids is 2. The van der Waals surface area contributed by atoms with Gasteiger partial charge in [0.1, 0.15) is 17.5 Å². The van der Waals surface area contributed by atoms with Gasteiger partial charge in [0, 0.05) is 12.7 Å². The standard InChI is InChI=1S/C17H19N3O3/c1-12(16(21)20-17(22)18-2)19-13-8-10-15(11-9-13)23-14-6-4-3-5-7-14/h3-12,19H,1-2H3,(H2,18,20,21,22). The second kappa shape index (κ2) is 7.84. The number of imide groups is 1. The molecule has 0 saturated heterocycles.